The average molecular weight is 348 g/mol. The summed E-state index contributed by atoms with van der Waals surface area (Å²) in [4.78, 5) is 14.7. The molecule has 3 aliphatic rings. The molecule has 1 aromatic carbocycles. The van der Waals surface area contributed by atoms with Crippen LogP contribution in [0, 0.1) is 18.7 Å². The molecule has 2 aliphatic heterocycles. The Morgan fingerprint density at radius 2 is 2.08 bits per heavy atom. The van der Waals surface area contributed by atoms with E-state index in [1.165, 1.54) is 5.56 Å². The first-order valence-corrected chi connectivity index (χ1v) is 9.08. The summed E-state index contributed by atoms with van der Waals surface area (Å²) < 4.78 is 18.6. The summed E-state index contributed by atoms with van der Waals surface area (Å²) in [6.07, 6.45) is 2.43. The number of rotatable bonds is 2. The highest BCUT2D eigenvalue weighted by atomic mass is 19.1. The number of amides is 1. The van der Waals surface area contributed by atoms with Crippen molar-refractivity contribution in [1.29, 1.82) is 0 Å². The van der Waals surface area contributed by atoms with Crippen molar-refractivity contribution in [1.82, 2.24) is 10.2 Å². The number of nitrogens with zero attached hydrogens (tertiary/aromatic N) is 1. The fourth-order valence-electron chi connectivity index (χ4n) is 4.49. The Morgan fingerprint density at radius 3 is 2.68 bits per heavy atom. The molecule has 1 unspecified atom stereocenters. The zero-order chi connectivity index (χ0) is 17.6. The first kappa shape index (κ1) is 16.9. The molecule has 1 aromatic rings. The molecular weight excluding hydrogens is 323 g/mol. The predicted molar refractivity (Wildman–Crippen MR) is 90.2 cm³/mol. The van der Waals surface area contributed by atoms with Crippen molar-refractivity contribution in [3.8, 4) is 0 Å². The van der Waals surface area contributed by atoms with Gasteiger partial charge in [-0.3, -0.25) is 10.1 Å². The van der Waals surface area contributed by atoms with Crippen LogP contribution in [0.2, 0.25) is 0 Å². The maximum absolute atomic E-state index is 13.4. The molecule has 2 heterocycles. The third-order valence-corrected chi connectivity index (χ3v) is 6.03. The van der Waals surface area contributed by atoms with Gasteiger partial charge in [0.2, 0.25) is 12.3 Å². The molecule has 0 bridgehead atoms. The number of aliphatic hydroxyl groups excluding tert-OH is 1. The van der Waals surface area contributed by atoms with Crippen LogP contribution in [-0.2, 0) is 9.53 Å². The van der Waals surface area contributed by atoms with Crippen molar-refractivity contribution in [3.63, 3.8) is 0 Å². The Balaban J connectivity index is 1.30. The molecule has 2 N–H and O–H groups in total. The molecule has 0 radical (unpaired) electrons. The minimum atomic E-state index is -0.897. The lowest BCUT2D eigenvalue weighted by Crippen LogP contribution is -2.59. The van der Waals surface area contributed by atoms with Crippen molar-refractivity contribution < 1.29 is 19.0 Å². The average Bonchev–Trinajstić information content (AvgIpc) is 2.98. The van der Waals surface area contributed by atoms with Gasteiger partial charge in [-0.05, 0) is 55.7 Å². The number of carbonyl (C=O) groups is 1. The van der Waals surface area contributed by atoms with Crippen LogP contribution in [0.15, 0.2) is 18.2 Å². The number of hydrogen-bond donors (Lipinski definition) is 2. The van der Waals surface area contributed by atoms with Crippen molar-refractivity contribution in [2.75, 3.05) is 19.7 Å². The summed E-state index contributed by atoms with van der Waals surface area (Å²) >= 11 is 0. The second kappa shape index (κ2) is 6.34. The van der Waals surface area contributed by atoms with Crippen molar-refractivity contribution in [3.05, 3.63) is 35.1 Å². The van der Waals surface area contributed by atoms with Gasteiger partial charge in [0.25, 0.3) is 0 Å². The summed E-state index contributed by atoms with van der Waals surface area (Å²) in [5.41, 5.74) is 1.66. The van der Waals surface area contributed by atoms with Gasteiger partial charge in [-0.25, -0.2) is 4.39 Å². The molecule has 0 aromatic heterocycles. The molecule has 4 rings (SSSR count). The van der Waals surface area contributed by atoms with E-state index in [4.69, 9.17) is 4.74 Å². The SMILES string of the molecule is Cc1cc(C2CCN(C(=O)[C@H]3C[C@]4(COC(O)N4)C3)CC2)ccc1F. The molecule has 1 saturated carbocycles. The quantitative estimate of drug-likeness (QED) is 0.857. The third kappa shape index (κ3) is 3.18. The largest absolute Gasteiger partial charge is 0.356 e. The van der Waals surface area contributed by atoms with Crippen LogP contribution < -0.4 is 5.32 Å². The van der Waals surface area contributed by atoms with E-state index in [2.05, 4.69) is 5.32 Å². The number of benzene rings is 1. The van der Waals surface area contributed by atoms with Gasteiger partial charge in [0.15, 0.2) is 0 Å². The van der Waals surface area contributed by atoms with Gasteiger partial charge in [-0.15, -0.1) is 0 Å². The number of aryl methyl sites for hydroxylation is 1. The van der Waals surface area contributed by atoms with Gasteiger partial charge >= 0.3 is 0 Å². The number of aliphatic hydroxyl groups is 1. The van der Waals surface area contributed by atoms with Crippen molar-refractivity contribution in [2.45, 2.75) is 50.5 Å². The van der Waals surface area contributed by atoms with Gasteiger partial charge < -0.3 is 14.7 Å². The summed E-state index contributed by atoms with van der Waals surface area (Å²) in [7, 11) is 0. The molecule has 1 aliphatic carbocycles. The van der Waals surface area contributed by atoms with E-state index in [1.54, 1.807) is 13.0 Å². The Labute approximate surface area is 147 Å². The minimum absolute atomic E-state index is 0.0333. The van der Waals surface area contributed by atoms with E-state index in [0.29, 0.717) is 18.1 Å². The van der Waals surface area contributed by atoms with Gasteiger partial charge in [0.05, 0.1) is 6.61 Å². The molecule has 6 heteroatoms. The third-order valence-electron chi connectivity index (χ3n) is 6.03. The number of piperidine rings is 1. The van der Waals surface area contributed by atoms with Crippen LogP contribution >= 0.6 is 0 Å². The van der Waals surface area contributed by atoms with Crippen LogP contribution in [-0.4, -0.2) is 47.6 Å². The molecule has 1 atom stereocenters. The van der Waals surface area contributed by atoms with E-state index in [1.807, 2.05) is 17.0 Å². The summed E-state index contributed by atoms with van der Waals surface area (Å²) in [5, 5.41) is 12.5. The van der Waals surface area contributed by atoms with E-state index in [0.717, 1.165) is 38.8 Å². The standard InChI is InChI=1S/C19H25FN2O3/c1-12-8-14(2-3-16(12)20)13-4-6-22(7-5-13)17(23)15-9-19(10-15)11-25-18(24)21-19/h2-3,8,13,15,18,21,24H,4-7,9-11H2,1H3/t15-,18?,19+. The molecule has 5 nitrogen and oxygen atoms in total. The molecule has 2 saturated heterocycles. The Hall–Kier alpha value is -1.50. The van der Waals surface area contributed by atoms with Gasteiger partial charge in [0, 0.05) is 24.5 Å². The zero-order valence-corrected chi connectivity index (χ0v) is 14.5. The van der Waals surface area contributed by atoms with Crippen LogP contribution in [0.5, 0.6) is 0 Å². The second-order valence-corrected chi connectivity index (χ2v) is 7.80. The molecule has 3 fully saturated rings. The molecule has 136 valence electrons. The van der Waals surface area contributed by atoms with E-state index < -0.39 is 6.41 Å². The maximum Gasteiger partial charge on any atom is 0.225 e. The highest BCUT2D eigenvalue weighted by Gasteiger charge is 2.52. The van der Waals surface area contributed by atoms with Crippen LogP contribution in [0.1, 0.15) is 42.7 Å². The highest BCUT2D eigenvalue weighted by molar-refractivity contribution is 5.80. The number of likely N-dealkylation sites (tertiary alicyclic amines) is 1. The molecule has 1 spiro atoms. The van der Waals surface area contributed by atoms with Crippen molar-refractivity contribution in [2.24, 2.45) is 5.92 Å². The Bertz CT molecular complexity index is 667. The zero-order valence-electron chi connectivity index (χ0n) is 14.5. The van der Waals surface area contributed by atoms with E-state index >= 15 is 0 Å². The first-order valence-electron chi connectivity index (χ1n) is 9.08. The summed E-state index contributed by atoms with van der Waals surface area (Å²) in [6.45, 7) is 3.79. The number of halogens is 1. The Kier molecular flexibility index (Phi) is 4.30. The number of ether oxygens (including phenoxy) is 1. The monoisotopic (exact) mass is 348 g/mol. The minimum Gasteiger partial charge on any atom is -0.356 e. The lowest BCUT2D eigenvalue weighted by molar-refractivity contribution is -0.142. The fraction of sp³-hybridized carbons (Fsp3) is 0.632. The predicted octanol–water partition coefficient (Wildman–Crippen LogP) is 1.88. The van der Waals surface area contributed by atoms with Crippen LogP contribution in [0.4, 0.5) is 4.39 Å². The summed E-state index contributed by atoms with van der Waals surface area (Å²) in [6, 6.07) is 5.35. The smallest absolute Gasteiger partial charge is 0.225 e. The lowest BCUT2D eigenvalue weighted by atomic mass is 9.68. The molecule has 25 heavy (non-hydrogen) atoms. The van der Waals surface area contributed by atoms with Crippen LogP contribution in [0.3, 0.4) is 0 Å². The van der Waals surface area contributed by atoms with Gasteiger partial charge in [-0.2, -0.15) is 0 Å². The molecular formula is C19H25FN2O3. The van der Waals surface area contributed by atoms with Crippen LogP contribution in [0.25, 0.3) is 0 Å². The number of hydrogen-bond acceptors (Lipinski definition) is 4. The number of carbonyl (C=O) groups excluding carboxylic acids is 1. The van der Waals surface area contributed by atoms with Crippen molar-refractivity contribution >= 4 is 5.91 Å². The van der Waals surface area contributed by atoms with Gasteiger partial charge in [-0.1, -0.05) is 12.1 Å². The first-order chi connectivity index (χ1) is 12.0. The lowest BCUT2D eigenvalue weighted by Gasteiger charge is -2.45. The maximum atomic E-state index is 13.4. The normalized spacial score (nSPS) is 32.8. The topological polar surface area (TPSA) is 61.8 Å². The molecule has 1 amide bonds. The fourth-order valence-corrected chi connectivity index (χ4v) is 4.49. The van der Waals surface area contributed by atoms with E-state index in [-0.39, 0.29) is 23.2 Å². The van der Waals surface area contributed by atoms with Gasteiger partial charge in [0.1, 0.15) is 5.82 Å². The Morgan fingerprint density at radius 1 is 1.36 bits per heavy atom. The highest BCUT2D eigenvalue weighted by Crippen LogP contribution is 2.42. The second-order valence-electron chi connectivity index (χ2n) is 7.80. The summed E-state index contributed by atoms with van der Waals surface area (Å²) in [5.74, 6) is 0.495. The van der Waals surface area contributed by atoms with E-state index in [9.17, 15) is 14.3 Å². The number of nitrogens with one attached hydrogen (secondary N) is 1.